The van der Waals surface area contributed by atoms with Gasteiger partial charge in [-0.25, -0.2) is 0 Å². The van der Waals surface area contributed by atoms with E-state index in [0.717, 1.165) is 0 Å². The molecule has 0 spiro atoms. The third kappa shape index (κ3) is 11.9. The minimum absolute atomic E-state index is 1.18. The average molecular weight is 252 g/mol. The summed E-state index contributed by atoms with van der Waals surface area (Å²) >= 11 is 0. The van der Waals surface area contributed by atoms with E-state index in [1.807, 2.05) is 0 Å². The van der Waals surface area contributed by atoms with Crippen molar-refractivity contribution in [2.75, 3.05) is 6.16 Å². The highest BCUT2D eigenvalue weighted by molar-refractivity contribution is 7.16. The molecule has 0 N–H and O–H groups in total. The van der Waals surface area contributed by atoms with Gasteiger partial charge in [-0.05, 0) is 66.0 Å². The Morgan fingerprint density at radius 2 is 1.24 bits per heavy atom. The van der Waals surface area contributed by atoms with Gasteiger partial charge in [0.1, 0.15) is 0 Å². The molecule has 0 bridgehead atoms. The summed E-state index contributed by atoms with van der Waals surface area (Å²) in [5.74, 6) is 0. The van der Waals surface area contributed by atoms with Crippen molar-refractivity contribution in [3.8, 4) is 0 Å². The molecular formula is C16H29P. The van der Waals surface area contributed by atoms with Crippen LogP contribution >= 0.6 is 9.24 Å². The number of hydrogen-bond donors (Lipinski definition) is 0. The fourth-order valence-corrected chi connectivity index (χ4v) is 1.84. The van der Waals surface area contributed by atoms with Gasteiger partial charge in [-0.3, -0.25) is 0 Å². The SMILES string of the molecule is CC(C)=CCC/C(C)=C/CC/C(C)=C/CCP. The van der Waals surface area contributed by atoms with Crippen molar-refractivity contribution in [1.29, 1.82) is 0 Å². The van der Waals surface area contributed by atoms with Gasteiger partial charge in [-0.1, -0.05) is 34.9 Å². The molecule has 0 nitrogen and oxygen atoms in total. The molecule has 0 aromatic heterocycles. The van der Waals surface area contributed by atoms with Crippen molar-refractivity contribution in [3.63, 3.8) is 0 Å². The molecule has 0 aliphatic rings. The first-order chi connectivity index (χ1) is 8.06. The standard InChI is InChI=1S/C16H29P/c1-14(2)8-5-9-15(3)10-6-11-16(4)12-7-13-17/h8,10,12H,5-7,9,11,13,17H2,1-4H3/b15-10+,16-12+. The largest absolute Gasteiger partial charge is 0.137 e. The smallest absolute Gasteiger partial charge is 0.0288 e. The Balaban J connectivity index is 3.80. The third-order valence-corrected chi connectivity index (χ3v) is 3.12. The highest BCUT2D eigenvalue weighted by Crippen LogP contribution is 2.11. The third-order valence-electron chi connectivity index (χ3n) is 2.78. The quantitative estimate of drug-likeness (QED) is 0.385. The predicted molar refractivity (Wildman–Crippen MR) is 84.6 cm³/mol. The van der Waals surface area contributed by atoms with Crippen molar-refractivity contribution in [2.24, 2.45) is 0 Å². The summed E-state index contributed by atoms with van der Waals surface area (Å²) in [5, 5.41) is 0. The molecule has 0 aliphatic carbocycles. The molecule has 0 rings (SSSR count). The summed E-state index contributed by atoms with van der Waals surface area (Å²) in [6, 6.07) is 0. The highest BCUT2D eigenvalue weighted by Gasteiger charge is 1.91. The molecule has 17 heavy (non-hydrogen) atoms. The second kappa shape index (κ2) is 10.8. The zero-order valence-electron chi connectivity index (χ0n) is 12.1. The molecule has 0 saturated heterocycles. The van der Waals surface area contributed by atoms with Gasteiger partial charge in [0, 0.05) is 0 Å². The first-order valence-corrected chi connectivity index (χ1v) is 7.52. The second-order valence-electron chi connectivity index (χ2n) is 5.04. The summed E-state index contributed by atoms with van der Waals surface area (Å²) in [6.45, 7) is 8.83. The van der Waals surface area contributed by atoms with E-state index in [2.05, 4.69) is 55.2 Å². The Morgan fingerprint density at radius 3 is 1.71 bits per heavy atom. The van der Waals surface area contributed by atoms with Crippen LogP contribution in [-0.4, -0.2) is 6.16 Å². The lowest BCUT2D eigenvalue weighted by Gasteiger charge is -2.01. The van der Waals surface area contributed by atoms with E-state index in [0.29, 0.717) is 0 Å². The highest BCUT2D eigenvalue weighted by atomic mass is 31.0. The topological polar surface area (TPSA) is 0 Å². The second-order valence-corrected chi connectivity index (χ2v) is 5.61. The van der Waals surface area contributed by atoms with Crippen molar-refractivity contribution in [1.82, 2.24) is 0 Å². The van der Waals surface area contributed by atoms with Crippen LogP contribution in [0.15, 0.2) is 34.9 Å². The van der Waals surface area contributed by atoms with Crippen LogP contribution in [0.1, 0.15) is 59.8 Å². The Bertz CT molecular complexity index is 278. The summed E-state index contributed by atoms with van der Waals surface area (Å²) in [5.41, 5.74) is 4.48. The molecule has 1 heteroatoms. The maximum Gasteiger partial charge on any atom is -0.0288 e. The van der Waals surface area contributed by atoms with Crippen LogP contribution in [0.3, 0.4) is 0 Å². The Morgan fingerprint density at radius 1 is 0.765 bits per heavy atom. The van der Waals surface area contributed by atoms with Crippen LogP contribution in [0, 0.1) is 0 Å². The first kappa shape index (κ1) is 16.6. The first-order valence-electron chi connectivity index (χ1n) is 6.71. The van der Waals surface area contributed by atoms with Crippen LogP contribution in [0.25, 0.3) is 0 Å². The van der Waals surface area contributed by atoms with E-state index in [4.69, 9.17) is 0 Å². The number of allylic oxidation sites excluding steroid dienone is 6. The van der Waals surface area contributed by atoms with Gasteiger partial charge >= 0.3 is 0 Å². The monoisotopic (exact) mass is 252 g/mol. The molecule has 0 aromatic carbocycles. The molecule has 0 fully saturated rings. The molecule has 0 amide bonds. The van der Waals surface area contributed by atoms with Crippen LogP contribution in [0.2, 0.25) is 0 Å². The van der Waals surface area contributed by atoms with Gasteiger partial charge in [0.05, 0.1) is 0 Å². The van der Waals surface area contributed by atoms with Gasteiger partial charge in [-0.2, -0.15) is 0 Å². The minimum Gasteiger partial charge on any atom is -0.137 e. The van der Waals surface area contributed by atoms with E-state index in [1.54, 1.807) is 0 Å². The normalized spacial score (nSPS) is 12.8. The molecule has 98 valence electrons. The summed E-state index contributed by atoms with van der Waals surface area (Å²) in [7, 11) is 2.77. The van der Waals surface area contributed by atoms with E-state index in [1.165, 1.54) is 55.0 Å². The van der Waals surface area contributed by atoms with Crippen LogP contribution < -0.4 is 0 Å². The summed E-state index contributed by atoms with van der Waals surface area (Å²) in [6.07, 6.45) is 14.3. The molecule has 0 radical (unpaired) electrons. The molecule has 0 heterocycles. The van der Waals surface area contributed by atoms with Crippen LogP contribution in [0.5, 0.6) is 0 Å². The molecule has 0 aliphatic heterocycles. The van der Waals surface area contributed by atoms with Crippen LogP contribution in [-0.2, 0) is 0 Å². The average Bonchev–Trinajstić information content (AvgIpc) is 2.25. The van der Waals surface area contributed by atoms with E-state index in [-0.39, 0.29) is 0 Å². The van der Waals surface area contributed by atoms with Crippen molar-refractivity contribution in [3.05, 3.63) is 34.9 Å². The lowest BCUT2D eigenvalue weighted by atomic mass is 10.1. The lowest BCUT2D eigenvalue weighted by Crippen LogP contribution is -1.81. The zero-order chi connectivity index (χ0) is 13.1. The van der Waals surface area contributed by atoms with Gasteiger partial charge in [-0.15, -0.1) is 9.24 Å². The van der Waals surface area contributed by atoms with Gasteiger partial charge in [0.2, 0.25) is 0 Å². The molecule has 0 aromatic rings. The number of rotatable bonds is 8. The fraction of sp³-hybridized carbons (Fsp3) is 0.625. The number of hydrogen-bond acceptors (Lipinski definition) is 0. The van der Waals surface area contributed by atoms with E-state index in [9.17, 15) is 0 Å². The Kier molecular flexibility index (Phi) is 10.6. The van der Waals surface area contributed by atoms with Gasteiger partial charge in [0.25, 0.3) is 0 Å². The minimum atomic E-state index is 1.18. The zero-order valence-corrected chi connectivity index (χ0v) is 13.2. The molecular weight excluding hydrogens is 223 g/mol. The molecule has 1 unspecified atom stereocenters. The molecule has 0 saturated carbocycles. The van der Waals surface area contributed by atoms with Crippen LogP contribution in [0.4, 0.5) is 0 Å². The van der Waals surface area contributed by atoms with Crippen molar-refractivity contribution in [2.45, 2.75) is 59.8 Å². The summed E-state index contributed by atoms with van der Waals surface area (Å²) in [4.78, 5) is 0. The Labute approximate surface area is 110 Å². The maximum atomic E-state index is 2.77. The molecule has 1 atom stereocenters. The summed E-state index contributed by atoms with van der Waals surface area (Å²) < 4.78 is 0. The van der Waals surface area contributed by atoms with E-state index < -0.39 is 0 Å². The maximum absolute atomic E-state index is 2.77. The Hall–Kier alpha value is -0.350. The fourth-order valence-electron chi connectivity index (χ4n) is 1.67. The van der Waals surface area contributed by atoms with Crippen molar-refractivity contribution >= 4 is 9.24 Å². The van der Waals surface area contributed by atoms with Gasteiger partial charge in [0.15, 0.2) is 0 Å². The predicted octanol–water partition coefficient (Wildman–Crippen LogP) is 5.67. The van der Waals surface area contributed by atoms with Gasteiger partial charge < -0.3 is 0 Å². The van der Waals surface area contributed by atoms with E-state index >= 15 is 0 Å². The lowest BCUT2D eigenvalue weighted by molar-refractivity contribution is 0.913. The van der Waals surface area contributed by atoms with Crippen molar-refractivity contribution < 1.29 is 0 Å².